The quantitative estimate of drug-likeness (QED) is 0.720. The molecular formula is C19H24O. The highest BCUT2D eigenvalue weighted by molar-refractivity contribution is 5.35. The second kappa shape index (κ2) is 5.04. The fourth-order valence-electron chi connectivity index (χ4n) is 4.74. The second-order valence-electron chi connectivity index (χ2n) is 6.90. The van der Waals surface area contributed by atoms with Gasteiger partial charge in [-0.25, -0.2) is 0 Å². The Labute approximate surface area is 122 Å². The average molecular weight is 268 g/mol. The largest absolute Gasteiger partial charge is 0.374 e. The molecule has 4 bridgehead atoms. The van der Waals surface area contributed by atoms with Crippen LogP contribution in [-0.4, -0.2) is 12.7 Å². The fraction of sp³-hybridized carbons (Fsp3) is 0.579. The first-order valence-electron chi connectivity index (χ1n) is 8.19. The van der Waals surface area contributed by atoms with Crippen LogP contribution in [0.25, 0.3) is 0 Å². The van der Waals surface area contributed by atoms with Gasteiger partial charge in [0.2, 0.25) is 0 Å². The molecule has 3 unspecified atom stereocenters. The molecule has 20 heavy (non-hydrogen) atoms. The Morgan fingerprint density at radius 3 is 2.55 bits per heavy atom. The zero-order chi connectivity index (χ0) is 13.5. The van der Waals surface area contributed by atoms with Crippen LogP contribution >= 0.6 is 0 Å². The molecular weight excluding hydrogens is 244 g/mol. The Morgan fingerprint density at radius 1 is 1.10 bits per heavy atom. The summed E-state index contributed by atoms with van der Waals surface area (Å²) in [4.78, 5) is 0. The molecule has 0 radical (unpaired) electrons. The van der Waals surface area contributed by atoms with Crippen LogP contribution in [0.15, 0.2) is 41.5 Å². The Kier molecular flexibility index (Phi) is 3.18. The lowest BCUT2D eigenvalue weighted by atomic mass is 9.51. The van der Waals surface area contributed by atoms with E-state index >= 15 is 0 Å². The SMILES string of the molecule is CC(OCCc1ccccc1)C1=C2C3CC(C1)CC2C3. The maximum absolute atomic E-state index is 6.15. The first-order chi connectivity index (χ1) is 9.81. The zero-order valence-corrected chi connectivity index (χ0v) is 12.3. The summed E-state index contributed by atoms with van der Waals surface area (Å²) in [7, 11) is 0. The number of hydrogen-bond acceptors (Lipinski definition) is 1. The van der Waals surface area contributed by atoms with Gasteiger partial charge < -0.3 is 4.74 Å². The monoisotopic (exact) mass is 268 g/mol. The Balaban J connectivity index is 1.36. The van der Waals surface area contributed by atoms with E-state index in [0.29, 0.717) is 6.10 Å². The van der Waals surface area contributed by atoms with Gasteiger partial charge in [-0.3, -0.25) is 0 Å². The molecule has 3 saturated carbocycles. The molecule has 106 valence electrons. The van der Waals surface area contributed by atoms with Crippen LogP contribution in [0.3, 0.4) is 0 Å². The third-order valence-corrected chi connectivity index (χ3v) is 5.66. The number of rotatable bonds is 5. The zero-order valence-electron chi connectivity index (χ0n) is 12.3. The van der Waals surface area contributed by atoms with Crippen molar-refractivity contribution in [2.24, 2.45) is 17.8 Å². The summed E-state index contributed by atoms with van der Waals surface area (Å²) in [5.41, 5.74) is 4.88. The number of allylic oxidation sites excluding steroid dienone is 1. The van der Waals surface area contributed by atoms with Crippen LogP contribution in [0.1, 0.15) is 38.2 Å². The number of ether oxygens (including phenoxy) is 1. The molecule has 5 aliphatic rings. The molecule has 1 heteroatoms. The van der Waals surface area contributed by atoms with Gasteiger partial charge >= 0.3 is 0 Å². The van der Waals surface area contributed by atoms with Crippen molar-refractivity contribution >= 4 is 0 Å². The molecule has 3 atom stereocenters. The van der Waals surface area contributed by atoms with Crippen LogP contribution in [-0.2, 0) is 11.2 Å². The molecule has 0 heterocycles. The van der Waals surface area contributed by atoms with Crippen molar-refractivity contribution in [2.45, 2.75) is 45.1 Å². The molecule has 6 rings (SSSR count). The highest BCUT2D eigenvalue weighted by Crippen LogP contribution is 2.59. The molecule has 0 aliphatic heterocycles. The third kappa shape index (κ3) is 2.13. The average Bonchev–Trinajstić information content (AvgIpc) is 2.47. The predicted octanol–water partition coefficient (Wildman–Crippen LogP) is 4.38. The van der Waals surface area contributed by atoms with E-state index in [1.807, 2.05) is 5.57 Å². The van der Waals surface area contributed by atoms with Gasteiger partial charge in [-0.1, -0.05) is 35.9 Å². The number of hydrogen-bond donors (Lipinski definition) is 0. The molecule has 0 N–H and O–H groups in total. The molecule has 0 saturated heterocycles. The van der Waals surface area contributed by atoms with Gasteiger partial charge in [0.1, 0.15) is 0 Å². The topological polar surface area (TPSA) is 9.23 Å². The highest BCUT2D eigenvalue weighted by atomic mass is 16.5. The molecule has 1 aromatic rings. The summed E-state index contributed by atoms with van der Waals surface area (Å²) in [5, 5.41) is 0. The van der Waals surface area contributed by atoms with Crippen molar-refractivity contribution in [2.75, 3.05) is 6.61 Å². The summed E-state index contributed by atoms with van der Waals surface area (Å²) in [6, 6.07) is 10.7. The highest BCUT2D eigenvalue weighted by Gasteiger charge is 2.48. The molecule has 0 aromatic heterocycles. The van der Waals surface area contributed by atoms with E-state index < -0.39 is 0 Å². The van der Waals surface area contributed by atoms with E-state index in [9.17, 15) is 0 Å². The van der Waals surface area contributed by atoms with Crippen LogP contribution in [0.4, 0.5) is 0 Å². The number of fused-ring (bicyclic) bond motifs is 1. The standard InChI is InChI=1S/C19H24O/c1-13(20-8-7-14-5-3-2-4-6-14)18-11-15-9-16-12-17(10-15)19(16)18/h2-6,13,15-17H,7-12H2,1H3. The molecule has 5 aliphatic carbocycles. The van der Waals surface area contributed by atoms with Crippen LogP contribution in [0.2, 0.25) is 0 Å². The first-order valence-corrected chi connectivity index (χ1v) is 8.19. The summed E-state index contributed by atoms with van der Waals surface area (Å²) in [5.74, 6) is 2.87. The van der Waals surface area contributed by atoms with Gasteiger partial charge in [0, 0.05) is 0 Å². The van der Waals surface area contributed by atoms with E-state index in [4.69, 9.17) is 4.74 Å². The second-order valence-corrected chi connectivity index (χ2v) is 6.90. The van der Waals surface area contributed by atoms with E-state index in [-0.39, 0.29) is 0 Å². The maximum atomic E-state index is 6.15. The van der Waals surface area contributed by atoms with Crippen LogP contribution in [0.5, 0.6) is 0 Å². The Hall–Kier alpha value is -1.08. The molecule has 3 fully saturated rings. The van der Waals surface area contributed by atoms with Gasteiger partial charge in [-0.15, -0.1) is 0 Å². The van der Waals surface area contributed by atoms with Crippen molar-refractivity contribution in [1.82, 2.24) is 0 Å². The number of benzene rings is 1. The Bertz CT molecular complexity index is 502. The predicted molar refractivity (Wildman–Crippen MR) is 81.5 cm³/mol. The van der Waals surface area contributed by atoms with Gasteiger partial charge in [-0.2, -0.15) is 0 Å². The minimum absolute atomic E-state index is 0.349. The smallest absolute Gasteiger partial charge is 0.0759 e. The molecule has 1 aromatic carbocycles. The molecule has 0 spiro atoms. The molecule has 0 amide bonds. The van der Waals surface area contributed by atoms with Gasteiger partial charge in [-0.05, 0) is 67.9 Å². The first kappa shape index (κ1) is 12.6. The summed E-state index contributed by atoms with van der Waals surface area (Å²) in [6.07, 6.45) is 7.14. The van der Waals surface area contributed by atoms with E-state index in [1.165, 1.54) is 31.2 Å². The van der Waals surface area contributed by atoms with E-state index in [1.54, 1.807) is 5.57 Å². The third-order valence-electron chi connectivity index (χ3n) is 5.66. The minimum atomic E-state index is 0.349. The normalized spacial score (nSPS) is 32.1. The fourth-order valence-corrected chi connectivity index (χ4v) is 4.74. The van der Waals surface area contributed by atoms with Gasteiger partial charge in [0.25, 0.3) is 0 Å². The molecule has 1 nitrogen and oxygen atoms in total. The van der Waals surface area contributed by atoms with Crippen molar-refractivity contribution < 1.29 is 4.74 Å². The van der Waals surface area contributed by atoms with Crippen molar-refractivity contribution in [3.05, 3.63) is 47.0 Å². The van der Waals surface area contributed by atoms with Gasteiger partial charge in [0.15, 0.2) is 0 Å². The van der Waals surface area contributed by atoms with Crippen LogP contribution in [0, 0.1) is 17.8 Å². The summed E-state index contributed by atoms with van der Waals surface area (Å²) < 4.78 is 6.15. The lowest BCUT2D eigenvalue weighted by Gasteiger charge is -2.54. The lowest BCUT2D eigenvalue weighted by molar-refractivity contribution is 0.0584. The van der Waals surface area contributed by atoms with Crippen molar-refractivity contribution in [3.63, 3.8) is 0 Å². The Morgan fingerprint density at radius 2 is 1.85 bits per heavy atom. The lowest BCUT2D eigenvalue weighted by Crippen LogP contribution is -2.44. The van der Waals surface area contributed by atoms with Crippen molar-refractivity contribution in [3.8, 4) is 0 Å². The van der Waals surface area contributed by atoms with Gasteiger partial charge in [0.05, 0.1) is 12.7 Å². The van der Waals surface area contributed by atoms with E-state index in [2.05, 4.69) is 37.3 Å². The van der Waals surface area contributed by atoms with Crippen molar-refractivity contribution in [1.29, 1.82) is 0 Å². The summed E-state index contributed by atoms with van der Waals surface area (Å²) >= 11 is 0. The maximum Gasteiger partial charge on any atom is 0.0759 e. The van der Waals surface area contributed by atoms with Crippen LogP contribution < -0.4 is 0 Å². The summed E-state index contributed by atoms with van der Waals surface area (Å²) in [6.45, 7) is 3.12. The minimum Gasteiger partial charge on any atom is -0.374 e. The van der Waals surface area contributed by atoms with E-state index in [0.717, 1.165) is 30.8 Å².